The summed E-state index contributed by atoms with van der Waals surface area (Å²) in [6.07, 6.45) is 0. The van der Waals surface area contributed by atoms with E-state index < -0.39 is 0 Å². The molecule has 0 saturated carbocycles. The molecule has 0 N–H and O–H groups in total. The molecule has 1 heteroatoms. The summed E-state index contributed by atoms with van der Waals surface area (Å²) in [5.74, 6) is 2.77. The summed E-state index contributed by atoms with van der Waals surface area (Å²) in [6.45, 7) is 11.0. The minimum absolute atomic E-state index is 0.314. The molecule has 0 aromatic rings. The Balaban J connectivity index is 3.94. The van der Waals surface area contributed by atoms with E-state index in [-0.39, 0.29) is 0 Å². The van der Waals surface area contributed by atoms with Crippen LogP contribution in [0.25, 0.3) is 0 Å². The molecule has 0 bridgehead atoms. The van der Waals surface area contributed by atoms with Gasteiger partial charge in [-0.2, -0.15) is 0 Å². The average molecular weight is 162 g/mol. The fourth-order valence-electron chi connectivity index (χ4n) is 0.855. The second-order valence-electron chi connectivity index (χ2n) is 3.99. The number of halogens is 1. The lowest BCUT2D eigenvalue weighted by atomic mass is 9.76. The van der Waals surface area contributed by atoms with Crippen LogP contribution in [0.5, 0.6) is 0 Å². The van der Waals surface area contributed by atoms with Gasteiger partial charge in [-0.25, -0.2) is 0 Å². The van der Waals surface area contributed by atoms with Gasteiger partial charge in [0.2, 0.25) is 0 Å². The van der Waals surface area contributed by atoms with E-state index in [0.717, 1.165) is 5.88 Å². The second kappa shape index (κ2) is 3.61. The highest BCUT2D eigenvalue weighted by Crippen LogP contribution is 2.33. The van der Waals surface area contributed by atoms with Crippen molar-refractivity contribution in [3.05, 3.63) is 5.92 Å². The van der Waals surface area contributed by atoms with Crippen LogP contribution >= 0.6 is 11.6 Å². The first-order valence-electron chi connectivity index (χ1n) is 3.79. The molecule has 1 atom stereocenters. The van der Waals surface area contributed by atoms with Crippen LogP contribution in [-0.4, -0.2) is 5.88 Å². The Kier molecular flexibility index (Phi) is 3.72. The van der Waals surface area contributed by atoms with Crippen molar-refractivity contribution < 1.29 is 0 Å². The molecule has 0 heterocycles. The summed E-state index contributed by atoms with van der Waals surface area (Å²) in [6, 6.07) is 0. The van der Waals surface area contributed by atoms with Crippen LogP contribution in [0.15, 0.2) is 0 Å². The molecule has 0 rings (SSSR count). The van der Waals surface area contributed by atoms with Gasteiger partial charge in [0.05, 0.1) is 0 Å². The Morgan fingerprint density at radius 3 is 1.90 bits per heavy atom. The summed E-state index contributed by atoms with van der Waals surface area (Å²) in [5, 5.41) is 0. The first kappa shape index (κ1) is 10.3. The molecule has 61 valence electrons. The number of alkyl halides is 1. The summed E-state index contributed by atoms with van der Waals surface area (Å²) in [4.78, 5) is 0. The highest BCUT2D eigenvalue weighted by Gasteiger charge is 2.24. The number of rotatable bonds is 2. The number of hydrogen-bond donors (Lipinski definition) is 0. The predicted octanol–water partition coefficient (Wildman–Crippen LogP) is 3.50. The lowest BCUT2D eigenvalue weighted by Crippen LogP contribution is -2.22. The van der Waals surface area contributed by atoms with Gasteiger partial charge in [0.25, 0.3) is 0 Å². The van der Waals surface area contributed by atoms with Crippen LogP contribution in [0.1, 0.15) is 34.6 Å². The van der Waals surface area contributed by atoms with Gasteiger partial charge in [-0.15, -0.1) is 11.6 Å². The molecule has 0 spiro atoms. The first-order valence-corrected chi connectivity index (χ1v) is 4.33. The van der Waals surface area contributed by atoms with E-state index in [0.29, 0.717) is 11.3 Å². The average Bonchev–Trinajstić information content (AvgIpc) is 1.83. The summed E-state index contributed by atoms with van der Waals surface area (Å²) >= 11 is 5.73. The van der Waals surface area contributed by atoms with Crippen LogP contribution < -0.4 is 0 Å². The summed E-state index contributed by atoms with van der Waals surface area (Å²) < 4.78 is 0. The van der Waals surface area contributed by atoms with Gasteiger partial charge in [0.1, 0.15) is 0 Å². The number of hydrogen-bond acceptors (Lipinski definition) is 0. The molecule has 10 heavy (non-hydrogen) atoms. The van der Waals surface area contributed by atoms with E-state index in [1.54, 1.807) is 0 Å². The van der Waals surface area contributed by atoms with Crippen molar-refractivity contribution >= 4 is 11.6 Å². The van der Waals surface area contributed by atoms with Crippen molar-refractivity contribution in [1.82, 2.24) is 0 Å². The van der Waals surface area contributed by atoms with Crippen molar-refractivity contribution in [2.75, 3.05) is 5.88 Å². The second-order valence-corrected chi connectivity index (χ2v) is 4.30. The molecule has 0 aliphatic carbocycles. The standard InChI is InChI=1S/C9H18Cl/c1-7(6-10)8(2)9(3,4)5/h7H,6H2,1-5H3. The Morgan fingerprint density at radius 2 is 1.80 bits per heavy atom. The van der Waals surface area contributed by atoms with Crippen LogP contribution in [0.3, 0.4) is 0 Å². The maximum atomic E-state index is 5.73. The van der Waals surface area contributed by atoms with Gasteiger partial charge in [-0.3, -0.25) is 0 Å². The maximum absolute atomic E-state index is 5.73. The third kappa shape index (κ3) is 2.92. The normalized spacial score (nSPS) is 15.9. The Bertz CT molecular complexity index is 91.4. The minimum Gasteiger partial charge on any atom is -0.126 e. The van der Waals surface area contributed by atoms with Gasteiger partial charge in [0, 0.05) is 5.88 Å². The van der Waals surface area contributed by atoms with Crippen LogP contribution in [-0.2, 0) is 0 Å². The van der Waals surface area contributed by atoms with E-state index in [4.69, 9.17) is 11.6 Å². The van der Waals surface area contributed by atoms with E-state index in [9.17, 15) is 0 Å². The fourth-order valence-corrected chi connectivity index (χ4v) is 1.09. The van der Waals surface area contributed by atoms with Gasteiger partial charge in [-0.1, -0.05) is 34.6 Å². The van der Waals surface area contributed by atoms with Crippen molar-refractivity contribution in [3.63, 3.8) is 0 Å². The Hall–Kier alpha value is 0.290. The van der Waals surface area contributed by atoms with Crippen molar-refractivity contribution in [1.29, 1.82) is 0 Å². The summed E-state index contributed by atoms with van der Waals surface area (Å²) in [7, 11) is 0. The van der Waals surface area contributed by atoms with Crippen molar-refractivity contribution in [3.8, 4) is 0 Å². The molecule has 0 saturated heterocycles. The van der Waals surface area contributed by atoms with Gasteiger partial charge in [-0.05, 0) is 17.3 Å². The molecule has 0 aliphatic rings. The van der Waals surface area contributed by atoms with E-state index in [2.05, 4.69) is 34.6 Å². The Labute approximate surface area is 70.0 Å². The predicted molar refractivity (Wildman–Crippen MR) is 48.3 cm³/mol. The van der Waals surface area contributed by atoms with E-state index in [1.807, 2.05) is 0 Å². The van der Waals surface area contributed by atoms with Gasteiger partial charge < -0.3 is 0 Å². The zero-order valence-electron chi connectivity index (χ0n) is 7.66. The molecule has 1 unspecified atom stereocenters. The minimum atomic E-state index is 0.314. The van der Waals surface area contributed by atoms with Gasteiger partial charge in [0.15, 0.2) is 0 Å². The summed E-state index contributed by atoms with van der Waals surface area (Å²) in [5.41, 5.74) is 0.314. The van der Waals surface area contributed by atoms with E-state index in [1.165, 1.54) is 5.92 Å². The smallest absolute Gasteiger partial charge is 0.0254 e. The Morgan fingerprint density at radius 1 is 1.40 bits per heavy atom. The van der Waals surface area contributed by atoms with Crippen molar-refractivity contribution in [2.45, 2.75) is 34.6 Å². The van der Waals surface area contributed by atoms with Crippen LogP contribution in [0.4, 0.5) is 0 Å². The monoisotopic (exact) mass is 161 g/mol. The fraction of sp³-hybridized carbons (Fsp3) is 0.889. The topological polar surface area (TPSA) is 0 Å². The molecular weight excluding hydrogens is 144 g/mol. The van der Waals surface area contributed by atoms with Gasteiger partial charge >= 0.3 is 0 Å². The van der Waals surface area contributed by atoms with Crippen LogP contribution in [0.2, 0.25) is 0 Å². The molecule has 0 nitrogen and oxygen atoms in total. The lowest BCUT2D eigenvalue weighted by Gasteiger charge is -2.30. The van der Waals surface area contributed by atoms with E-state index >= 15 is 0 Å². The SMILES string of the molecule is C[C](C(C)CCl)C(C)(C)C. The highest BCUT2D eigenvalue weighted by atomic mass is 35.5. The third-order valence-corrected chi connectivity index (χ3v) is 2.62. The molecule has 0 aromatic heterocycles. The van der Waals surface area contributed by atoms with Crippen molar-refractivity contribution in [2.24, 2.45) is 11.3 Å². The lowest BCUT2D eigenvalue weighted by molar-refractivity contribution is 0.372. The largest absolute Gasteiger partial charge is 0.126 e. The molecule has 1 radical (unpaired) electrons. The first-order chi connectivity index (χ1) is 4.39. The zero-order valence-corrected chi connectivity index (χ0v) is 8.42. The molecular formula is C9H18Cl. The highest BCUT2D eigenvalue weighted by molar-refractivity contribution is 6.18. The molecule has 0 aromatic carbocycles. The van der Waals surface area contributed by atoms with Crippen LogP contribution in [0, 0.1) is 17.3 Å². The zero-order chi connectivity index (χ0) is 8.36. The third-order valence-electron chi connectivity index (χ3n) is 2.15. The maximum Gasteiger partial charge on any atom is 0.0254 e. The molecule has 0 amide bonds. The molecule has 0 aliphatic heterocycles. The molecule has 0 fully saturated rings. The quantitative estimate of drug-likeness (QED) is 0.544.